The van der Waals surface area contributed by atoms with Gasteiger partial charge < -0.3 is 19.8 Å². The molecule has 0 fully saturated rings. The molecular weight excluding hydrogens is 441 g/mol. The van der Waals surface area contributed by atoms with Crippen LogP contribution in [-0.2, 0) is 16.1 Å². The fraction of sp³-hybridized carbons (Fsp3) is 0.136. The molecule has 2 N–H and O–H groups in total. The van der Waals surface area contributed by atoms with E-state index in [2.05, 4.69) is 15.6 Å². The van der Waals surface area contributed by atoms with Gasteiger partial charge in [0.15, 0.2) is 0 Å². The number of hydrogen-bond donors (Lipinski definition) is 2. The van der Waals surface area contributed by atoms with E-state index >= 15 is 0 Å². The maximum atomic E-state index is 12.0. The van der Waals surface area contributed by atoms with E-state index < -0.39 is 11.8 Å². The molecular formula is C22H19Cl2N3O4. The Morgan fingerprint density at radius 3 is 2.42 bits per heavy atom. The molecule has 0 aliphatic heterocycles. The quantitative estimate of drug-likeness (QED) is 0.384. The van der Waals surface area contributed by atoms with Crippen molar-refractivity contribution in [1.29, 1.82) is 0 Å². The number of carbonyl (C=O) groups excluding carboxylic acids is 2. The molecule has 0 aliphatic rings. The van der Waals surface area contributed by atoms with Crippen LogP contribution in [0.5, 0.6) is 5.75 Å². The SMILES string of the molecule is CCOc1ccc(N=Cc2ccc(CNC(=O)C(=O)Nc3cc(Cl)cc(Cl)c3)o2)cc1. The van der Waals surface area contributed by atoms with Crippen molar-refractivity contribution in [2.75, 3.05) is 11.9 Å². The number of carbonyl (C=O) groups is 2. The minimum Gasteiger partial charge on any atom is -0.494 e. The smallest absolute Gasteiger partial charge is 0.313 e. The van der Waals surface area contributed by atoms with Crippen molar-refractivity contribution >= 4 is 52.6 Å². The van der Waals surface area contributed by atoms with Crippen molar-refractivity contribution in [3.8, 4) is 5.75 Å². The monoisotopic (exact) mass is 459 g/mol. The first-order valence-corrected chi connectivity index (χ1v) is 10.1. The van der Waals surface area contributed by atoms with Crippen LogP contribution >= 0.6 is 23.2 Å². The van der Waals surface area contributed by atoms with E-state index in [1.54, 1.807) is 18.3 Å². The van der Waals surface area contributed by atoms with Crippen molar-refractivity contribution in [3.63, 3.8) is 0 Å². The van der Waals surface area contributed by atoms with Gasteiger partial charge in [-0.2, -0.15) is 0 Å². The van der Waals surface area contributed by atoms with Crippen LogP contribution in [0.1, 0.15) is 18.4 Å². The molecule has 160 valence electrons. The number of benzene rings is 2. The summed E-state index contributed by atoms with van der Waals surface area (Å²) in [6, 6.07) is 15.2. The maximum absolute atomic E-state index is 12.0. The third kappa shape index (κ3) is 6.87. The van der Waals surface area contributed by atoms with Gasteiger partial charge in [0.25, 0.3) is 0 Å². The molecule has 0 aliphatic carbocycles. The summed E-state index contributed by atoms with van der Waals surface area (Å²) in [4.78, 5) is 28.4. The molecule has 0 radical (unpaired) electrons. The summed E-state index contributed by atoms with van der Waals surface area (Å²) in [5.74, 6) is 0.0931. The van der Waals surface area contributed by atoms with Crippen molar-refractivity contribution in [2.45, 2.75) is 13.5 Å². The Hall–Kier alpha value is -3.29. The van der Waals surface area contributed by atoms with Crippen LogP contribution in [0.4, 0.5) is 11.4 Å². The summed E-state index contributed by atoms with van der Waals surface area (Å²) in [7, 11) is 0. The molecule has 0 saturated carbocycles. The molecule has 9 heteroatoms. The Morgan fingerprint density at radius 1 is 1.03 bits per heavy atom. The predicted octanol–water partition coefficient (Wildman–Crippen LogP) is 4.99. The molecule has 0 atom stereocenters. The van der Waals surface area contributed by atoms with Crippen molar-refractivity contribution in [2.24, 2.45) is 4.99 Å². The Kier molecular flexibility index (Phi) is 7.70. The first-order valence-electron chi connectivity index (χ1n) is 9.34. The summed E-state index contributed by atoms with van der Waals surface area (Å²) < 4.78 is 11.0. The maximum Gasteiger partial charge on any atom is 0.313 e. The lowest BCUT2D eigenvalue weighted by Crippen LogP contribution is -2.34. The third-order valence-corrected chi connectivity index (χ3v) is 4.36. The third-order valence-electron chi connectivity index (χ3n) is 3.92. The van der Waals surface area contributed by atoms with E-state index in [0.717, 1.165) is 11.4 Å². The Balaban J connectivity index is 1.51. The van der Waals surface area contributed by atoms with Gasteiger partial charge in [0, 0.05) is 15.7 Å². The van der Waals surface area contributed by atoms with Crippen LogP contribution in [0, 0.1) is 0 Å². The Bertz CT molecular complexity index is 1070. The van der Waals surface area contributed by atoms with E-state index in [9.17, 15) is 9.59 Å². The lowest BCUT2D eigenvalue weighted by Gasteiger charge is -2.06. The summed E-state index contributed by atoms with van der Waals surface area (Å²) in [5, 5.41) is 5.61. The fourth-order valence-corrected chi connectivity index (χ4v) is 3.08. The van der Waals surface area contributed by atoms with Gasteiger partial charge >= 0.3 is 11.8 Å². The molecule has 1 aromatic heterocycles. The van der Waals surface area contributed by atoms with Crippen molar-refractivity contribution in [1.82, 2.24) is 5.32 Å². The molecule has 0 unspecified atom stereocenters. The van der Waals surface area contributed by atoms with Gasteiger partial charge in [-0.3, -0.25) is 14.6 Å². The highest BCUT2D eigenvalue weighted by atomic mass is 35.5. The molecule has 31 heavy (non-hydrogen) atoms. The van der Waals surface area contributed by atoms with Crippen molar-refractivity contribution in [3.05, 3.63) is 76.2 Å². The van der Waals surface area contributed by atoms with Crippen LogP contribution in [0.25, 0.3) is 0 Å². The summed E-state index contributed by atoms with van der Waals surface area (Å²) >= 11 is 11.8. The number of furan rings is 1. The molecule has 2 aromatic carbocycles. The average molecular weight is 460 g/mol. The normalized spacial score (nSPS) is 10.8. The van der Waals surface area contributed by atoms with Gasteiger partial charge in [-0.1, -0.05) is 23.2 Å². The minimum atomic E-state index is -0.845. The van der Waals surface area contributed by atoms with E-state index in [4.69, 9.17) is 32.4 Å². The van der Waals surface area contributed by atoms with E-state index in [1.807, 2.05) is 31.2 Å². The zero-order valence-corrected chi connectivity index (χ0v) is 18.0. The second-order valence-corrected chi connectivity index (χ2v) is 7.16. The first-order chi connectivity index (χ1) is 14.9. The van der Waals surface area contributed by atoms with E-state index in [1.165, 1.54) is 18.2 Å². The molecule has 7 nitrogen and oxygen atoms in total. The number of nitrogens with one attached hydrogen (secondary N) is 2. The first kappa shape index (κ1) is 22.4. The predicted molar refractivity (Wildman–Crippen MR) is 121 cm³/mol. The highest BCUT2D eigenvalue weighted by Crippen LogP contribution is 2.22. The molecule has 3 rings (SSSR count). The standard InChI is InChI=1S/C22H19Cl2N3O4/c1-2-30-18-5-3-16(4-6-18)25-12-19-7-8-20(31-19)13-26-21(28)22(29)27-17-10-14(23)9-15(24)11-17/h3-12H,2,13H2,1H3,(H,26,28)(H,27,29). The largest absolute Gasteiger partial charge is 0.494 e. The number of ether oxygens (including phenoxy) is 1. The van der Waals surface area contributed by atoms with E-state index in [-0.39, 0.29) is 6.54 Å². The number of halogens is 2. The average Bonchev–Trinajstić information content (AvgIpc) is 3.19. The number of amides is 2. The van der Waals surface area contributed by atoms with Crippen LogP contribution in [-0.4, -0.2) is 24.6 Å². The molecule has 3 aromatic rings. The van der Waals surface area contributed by atoms with Gasteiger partial charge in [0.2, 0.25) is 0 Å². The van der Waals surface area contributed by atoms with Crippen molar-refractivity contribution < 1.29 is 18.7 Å². The van der Waals surface area contributed by atoms with Crippen LogP contribution < -0.4 is 15.4 Å². The summed E-state index contributed by atoms with van der Waals surface area (Å²) in [6.07, 6.45) is 1.57. The number of anilines is 1. The Morgan fingerprint density at radius 2 is 1.74 bits per heavy atom. The minimum absolute atomic E-state index is 0.0411. The number of rotatable bonds is 7. The molecule has 1 heterocycles. The van der Waals surface area contributed by atoms with Gasteiger partial charge in [0.1, 0.15) is 17.3 Å². The van der Waals surface area contributed by atoms with Crippen LogP contribution in [0.3, 0.4) is 0 Å². The number of aliphatic imine (C=N–C) groups is 1. The van der Waals surface area contributed by atoms with Gasteiger partial charge in [0.05, 0.1) is 25.1 Å². The van der Waals surface area contributed by atoms with Crippen LogP contribution in [0.2, 0.25) is 10.0 Å². The Labute approximate surface area is 189 Å². The van der Waals surface area contributed by atoms with Gasteiger partial charge in [-0.25, -0.2) is 0 Å². The van der Waals surface area contributed by atoms with Gasteiger partial charge in [-0.15, -0.1) is 0 Å². The van der Waals surface area contributed by atoms with Crippen LogP contribution in [0.15, 0.2) is 64.0 Å². The second-order valence-electron chi connectivity index (χ2n) is 6.28. The van der Waals surface area contributed by atoms with Gasteiger partial charge in [-0.05, 0) is 61.5 Å². The summed E-state index contributed by atoms with van der Waals surface area (Å²) in [5.41, 5.74) is 1.07. The lowest BCUT2D eigenvalue weighted by molar-refractivity contribution is -0.136. The molecule has 2 amide bonds. The molecule has 0 saturated heterocycles. The highest BCUT2D eigenvalue weighted by Gasteiger charge is 2.14. The number of hydrogen-bond acceptors (Lipinski definition) is 5. The number of nitrogens with zero attached hydrogens (tertiary/aromatic N) is 1. The topological polar surface area (TPSA) is 92.9 Å². The summed E-state index contributed by atoms with van der Waals surface area (Å²) in [6.45, 7) is 2.56. The van der Waals surface area contributed by atoms with E-state index in [0.29, 0.717) is 33.9 Å². The highest BCUT2D eigenvalue weighted by molar-refractivity contribution is 6.40. The zero-order chi connectivity index (χ0) is 22.2. The molecule has 0 bridgehead atoms. The fourth-order valence-electron chi connectivity index (χ4n) is 2.55. The second kappa shape index (κ2) is 10.7. The lowest BCUT2D eigenvalue weighted by atomic mass is 10.3. The zero-order valence-electron chi connectivity index (χ0n) is 16.5. The molecule has 0 spiro atoms.